The van der Waals surface area contributed by atoms with Gasteiger partial charge in [0.25, 0.3) is 0 Å². The van der Waals surface area contributed by atoms with Crippen LogP contribution in [-0.2, 0) is 0 Å². The molecule has 0 amide bonds. The Balaban J connectivity index is 1.63. The van der Waals surface area contributed by atoms with Crippen molar-refractivity contribution in [1.29, 1.82) is 0 Å². The van der Waals surface area contributed by atoms with Crippen molar-refractivity contribution in [3.63, 3.8) is 0 Å². The largest absolute Gasteiger partial charge is 0.422 e. The molecule has 1 aliphatic rings. The first-order valence-corrected chi connectivity index (χ1v) is 9.83. The monoisotopic (exact) mass is 436 g/mol. The molecule has 132 valence electrons. The van der Waals surface area contributed by atoms with Gasteiger partial charge in [-0.05, 0) is 42.5 Å². The smallest absolute Gasteiger partial charge is 0.343 e. The van der Waals surface area contributed by atoms with Crippen LogP contribution in [0.25, 0.3) is 6.08 Å². The van der Waals surface area contributed by atoms with Gasteiger partial charge in [0.1, 0.15) is 5.75 Å². The lowest BCUT2D eigenvalue weighted by Crippen LogP contribution is -2.09. The summed E-state index contributed by atoms with van der Waals surface area (Å²) in [4.78, 5) is 26.6. The van der Waals surface area contributed by atoms with Gasteiger partial charge in [-0.25, -0.2) is 4.79 Å². The summed E-state index contributed by atoms with van der Waals surface area (Å²) in [6, 6.07) is 21.7. The number of para-hydroxylation sites is 1. The van der Waals surface area contributed by atoms with Crippen LogP contribution in [0.2, 0.25) is 0 Å². The van der Waals surface area contributed by atoms with E-state index in [-0.39, 0.29) is 5.78 Å². The fourth-order valence-corrected chi connectivity index (χ4v) is 4.19. The van der Waals surface area contributed by atoms with E-state index in [1.165, 1.54) is 11.8 Å². The predicted molar refractivity (Wildman–Crippen MR) is 110 cm³/mol. The number of hydrogen-bond donors (Lipinski definition) is 0. The molecule has 0 unspecified atom stereocenters. The first-order chi connectivity index (χ1) is 13.1. The zero-order valence-corrected chi connectivity index (χ0v) is 16.4. The molecular formula is C22H13BrO3S. The van der Waals surface area contributed by atoms with E-state index in [0.717, 1.165) is 9.37 Å². The summed E-state index contributed by atoms with van der Waals surface area (Å²) >= 11 is 4.78. The van der Waals surface area contributed by atoms with Crippen molar-refractivity contribution >= 4 is 45.5 Å². The molecule has 27 heavy (non-hydrogen) atoms. The van der Waals surface area contributed by atoms with Crippen LogP contribution in [-0.4, -0.2) is 11.8 Å². The van der Waals surface area contributed by atoms with Crippen LogP contribution in [0.15, 0.2) is 87.1 Å². The van der Waals surface area contributed by atoms with E-state index in [0.29, 0.717) is 27.3 Å². The normalized spacial score (nSPS) is 14.3. The van der Waals surface area contributed by atoms with Gasteiger partial charge in [0, 0.05) is 20.5 Å². The van der Waals surface area contributed by atoms with Gasteiger partial charge in [0.15, 0.2) is 0 Å². The number of carbonyl (C=O) groups is 2. The Labute approximate surface area is 169 Å². The number of benzene rings is 3. The summed E-state index contributed by atoms with van der Waals surface area (Å²) in [5.41, 5.74) is 1.84. The average Bonchev–Trinajstić information content (AvgIpc) is 2.99. The second kappa shape index (κ2) is 7.55. The van der Waals surface area contributed by atoms with Crippen molar-refractivity contribution in [2.24, 2.45) is 0 Å². The molecule has 0 aliphatic carbocycles. The lowest BCUT2D eigenvalue weighted by Gasteiger charge is -2.08. The molecule has 0 atom stereocenters. The molecule has 5 heteroatoms. The predicted octanol–water partition coefficient (Wildman–Crippen LogP) is 6.00. The summed E-state index contributed by atoms with van der Waals surface area (Å²) < 4.78 is 6.39. The summed E-state index contributed by atoms with van der Waals surface area (Å²) in [6.45, 7) is 0. The number of thioether (sulfide) groups is 1. The SMILES string of the molecule is O=C(Oc1ccccc1C=C1Sc2ccccc2C1=O)c1cccc(Br)c1. The van der Waals surface area contributed by atoms with Crippen LogP contribution in [0.3, 0.4) is 0 Å². The topological polar surface area (TPSA) is 43.4 Å². The number of allylic oxidation sites excluding steroid dienone is 1. The van der Waals surface area contributed by atoms with Crippen molar-refractivity contribution in [2.45, 2.75) is 4.90 Å². The second-order valence-electron chi connectivity index (χ2n) is 5.87. The molecule has 0 saturated carbocycles. The highest BCUT2D eigenvalue weighted by atomic mass is 79.9. The summed E-state index contributed by atoms with van der Waals surface area (Å²) in [5, 5.41) is 0. The molecule has 4 rings (SSSR count). The zero-order chi connectivity index (χ0) is 18.8. The van der Waals surface area contributed by atoms with Gasteiger partial charge in [-0.1, -0.05) is 64.1 Å². The summed E-state index contributed by atoms with van der Waals surface area (Å²) in [7, 11) is 0. The Bertz CT molecular complexity index is 1090. The van der Waals surface area contributed by atoms with Gasteiger partial charge in [0.2, 0.25) is 5.78 Å². The van der Waals surface area contributed by atoms with Gasteiger partial charge in [-0.3, -0.25) is 4.79 Å². The van der Waals surface area contributed by atoms with Crippen molar-refractivity contribution < 1.29 is 14.3 Å². The third-order valence-corrected chi connectivity index (χ3v) is 5.64. The molecule has 0 bridgehead atoms. The number of ketones is 1. The third-order valence-electron chi connectivity index (χ3n) is 4.04. The van der Waals surface area contributed by atoms with Gasteiger partial charge in [-0.2, -0.15) is 0 Å². The average molecular weight is 437 g/mol. The molecule has 0 N–H and O–H groups in total. The number of esters is 1. The Kier molecular flexibility index (Phi) is 4.97. The number of halogens is 1. The third kappa shape index (κ3) is 3.75. The van der Waals surface area contributed by atoms with Crippen LogP contribution in [0.1, 0.15) is 26.3 Å². The second-order valence-corrected chi connectivity index (χ2v) is 7.87. The van der Waals surface area contributed by atoms with Gasteiger partial charge in [-0.15, -0.1) is 0 Å². The quantitative estimate of drug-likeness (QED) is 0.287. The van der Waals surface area contributed by atoms with E-state index >= 15 is 0 Å². The van der Waals surface area contributed by atoms with Crippen LogP contribution in [0.4, 0.5) is 0 Å². The van der Waals surface area contributed by atoms with Gasteiger partial charge in [0.05, 0.1) is 10.5 Å². The molecule has 0 aromatic heterocycles. The maximum absolute atomic E-state index is 12.6. The molecule has 3 nitrogen and oxygen atoms in total. The van der Waals surface area contributed by atoms with E-state index in [9.17, 15) is 9.59 Å². The van der Waals surface area contributed by atoms with E-state index in [1.54, 1.807) is 36.4 Å². The van der Waals surface area contributed by atoms with E-state index in [1.807, 2.05) is 42.5 Å². The highest BCUT2D eigenvalue weighted by Crippen LogP contribution is 2.41. The van der Waals surface area contributed by atoms with E-state index in [2.05, 4.69) is 15.9 Å². The minimum absolute atomic E-state index is 0.0104. The van der Waals surface area contributed by atoms with Crippen molar-refractivity contribution in [2.75, 3.05) is 0 Å². The Morgan fingerprint density at radius 3 is 2.56 bits per heavy atom. The van der Waals surface area contributed by atoms with Crippen LogP contribution in [0, 0.1) is 0 Å². The fourth-order valence-electron chi connectivity index (χ4n) is 2.74. The number of rotatable bonds is 3. The number of hydrogen-bond acceptors (Lipinski definition) is 4. The van der Waals surface area contributed by atoms with Crippen LogP contribution in [0.5, 0.6) is 5.75 Å². The highest BCUT2D eigenvalue weighted by molar-refractivity contribution is 9.10. The molecule has 0 radical (unpaired) electrons. The number of fused-ring (bicyclic) bond motifs is 1. The first kappa shape index (κ1) is 17.8. The number of ether oxygens (including phenoxy) is 1. The molecule has 0 saturated heterocycles. The highest BCUT2D eigenvalue weighted by Gasteiger charge is 2.25. The Morgan fingerprint density at radius 2 is 1.74 bits per heavy atom. The Hall–Kier alpha value is -2.63. The molecule has 3 aromatic carbocycles. The van der Waals surface area contributed by atoms with Crippen molar-refractivity contribution in [1.82, 2.24) is 0 Å². The lowest BCUT2D eigenvalue weighted by molar-refractivity contribution is 0.0734. The fraction of sp³-hybridized carbons (Fsp3) is 0. The maximum Gasteiger partial charge on any atom is 0.343 e. The molecular weight excluding hydrogens is 424 g/mol. The van der Waals surface area contributed by atoms with E-state index in [4.69, 9.17) is 4.74 Å². The standard InChI is InChI=1S/C22H13BrO3S/c23-16-8-5-7-15(12-16)22(25)26-18-10-3-1-6-14(18)13-20-21(24)17-9-2-4-11-19(17)27-20/h1-13H. The van der Waals surface area contributed by atoms with E-state index < -0.39 is 5.97 Å². The van der Waals surface area contributed by atoms with Crippen molar-refractivity contribution in [3.05, 3.63) is 98.9 Å². The van der Waals surface area contributed by atoms with Gasteiger partial charge < -0.3 is 4.74 Å². The minimum Gasteiger partial charge on any atom is -0.422 e. The number of Topliss-reactive ketones (excluding diaryl/α,β-unsaturated/α-hetero) is 1. The summed E-state index contributed by atoms with van der Waals surface area (Å²) in [6.07, 6.45) is 1.77. The van der Waals surface area contributed by atoms with Crippen LogP contribution < -0.4 is 4.74 Å². The molecule has 1 aliphatic heterocycles. The molecule has 0 spiro atoms. The first-order valence-electron chi connectivity index (χ1n) is 8.22. The molecule has 3 aromatic rings. The molecule has 0 fully saturated rings. The molecule has 1 heterocycles. The minimum atomic E-state index is -0.448. The summed E-state index contributed by atoms with van der Waals surface area (Å²) in [5.74, 6) is -0.0427. The lowest BCUT2D eigenvalue weighted by atomic mass is 10.1. The van der Waals surface area contributed by atoms with Gasteiger partial charge >= 0.3 is 5.97 Å². The van der Waals surface area contributed by atoms with Crippen LogP contribution >= 0.6 is 27.7 Å². The zero-order valence-electron chi connectivity index (χ0n) is 14.0. The maximum atomic E-state index is 12.6. The van der Waals surface area contributed by atoms with Crippen molar-refractivity contribution in [3.8, 4) is 5.75 Å². The Morgan fingerprint density at radius 1 is 0.963 bits per heavy atom. The number of carbonyl (C=O) groups excluding carboxylic acids is 2.